The molecule has 0 unspecified atom stereocenters. The molecule has 1 heterocycles. The summed E-state index contributed by atoms with van der Waals surface area (Å²) in [6.07, 6.45) is 9.73. The number of halogens is 1. The van der Waals surface area contributed by atoms with Crippen LogP contribution in [0.5, 0.6) is 0 Å². The van der Waals surface area contributed by atoms with E-state index in [9.17, 15) is 14.0 Å². The topological polar surface area (TPSA) is 49.4 Å². The molecule has 4 nitrogen and oxygen atoms in total. The molecule has 1 aromatic rings. The second kappa shape index (κ2) is 10.9. The molecule has 2 amide bonds. The molecule has 0 atom stereocenters. The third-order valence-electron chi connectivity index (χ3n) is 7.04. The summed E-state index contributed by atoms with van der Waals surface area (Å²) in [7, 11) is 0. The fourth-order valence-corrected chi connectivity index (χ4v) is 4.89. The summed E-state index contributed by atoms with van der Waals surface area (Å²) in [4.78, 5) is 27.4. The zero-order valence-electron chi connectivity index (χ0n) is 18.6. The van der Waals surface area contributed by atoms with Gasteiger partial charge in [-0.05, 0) is 68.6 Å². The number of nitrogens with one attached hydrogen (secondary N) is 1. The van der Waals surface area contributed by atoms with Gasteiger partial charge in [-0.25, -0.2) is 4.39 Å². The van der Waals surface area contributed by atoms with Crippen LogP contribution >= 0.6 is 0 Å². The predicted molar refractivity (Wildman–Crippen MR) is 117 cm³/mol. The molecule has 166 valence electrons. The number of unbranched alkanes of at least 4 members (excludes halogenated alkanes) is 1. The summed E-state index contributed by atoms with van der Waals surface area (Å²) in [5, 5.41) is 2.94. The Morgan fingerprint density at radius 1 is 1.07 bits per heavy atom. The smallest absolute Gasteiger partial charge is 0.225 e. The van der Waals surface area contributed by atoms with Gasteiger partial charge in [0.15, 0.2) is 0 Å². The molecule has 1 aromatic carbocycles. The Kier molecular flexibility index (Phi) is 8.29. The third kappa shape index (κ3) is 6.05. The highest BCUT2D eigenvalue weighted by atomic mass is 19.1. The van der Waals surface area contributed by atoms with Crippen molar-refractivity contribution in [2.24, 2.45) is 17.8 Å². The van der Waals surface area contributed by atoms with Gasteiger partial charge in [-0.15, -0.1) is 0 Å². The van der Waals surface area contributed by atoms with Crippen LogP contribution in [0.15, 0.2) is 18.2 Å². The second-order valence-corrected chi connectivity index (χ2v) is 9.26. The average Bonchev–Trinajstić information content (AvgIpc) is 2.78. The van der Waals surface area contributed by atoms with E-state index in [4.69, 9.17) is 0 Å². The second-order valence-electron chi connectivity index (χ2n) is 9.26. The summed E-state index contributed by atoms with van der Waals surface area (Å²) >= 11 is 0. The molecule has 1 saturated carbocycles. The lowest BCUT2D eigenvalue weighted by molar-refractivity contribution is -0.140. The fourth-order valence-electron chi connectivity index (χ4n) is 4.89. The van der Waals surface area contributed by atoms with E-state index < -0.39 is 0 Å². The molecule has 30 heavy (non-hydrogen) atoms. The highest BCUT2D eigenvalue weighted by Crippen LogP contribution is 2.33. The summed E-state index contributed by atoms with van der Waals surface area (Å²) in [5.74, 6) is 1.01. The number of hydrogen-bond acceptors (Lipinski definition) is 2. The van der Waals surface area contributed by atoms with Crippen LogP contribution in [0, 0.1) is 30.5 Å². The number of aryl methyl sites for hydroxylation is 1. The van der Waals surface area contributed by atoms with Gasteiger partial charge in [0.1, 0.15) is 5.82 Å². The standard InChI is InChI=1S/C25H37FN2O2/c1-3-4-5-19-8-10-22(11-9-19)25(30)28-14-12-21(13-15-28)24(29)27-17-20-7-6-18(2)23(26)16-20/h6-7,16,19,21-22H,3-5,8-15,17H2,1-2H3,(H,27,29). The Hall–Kier alpha value is -1.91. The van der Waals surface area contributed by atoms with Crippen LogP contribution < -0.4 is 5.32 Å². The van der Waals surface area contributed by atoms with Gasteiger partial charge < -0.3 is 10.2 Å². The summed E-state index contributed by atoms with van der Waals surface area (Å²) in [6.45, 7) is 5.65. The Bertz CT molecular complexity index is 720. The molecule has 5 heteroatoms. The third-order valence-corrected chi connectivity index (χ3v) is 7.04. The fraction of sp³-hybridized carbons (Fsp3) is 0.680. The van der Waals surface area contributed by atoms with Gasteiger partial charge in [-0.2, -0.15) is 0 Å². The first-order chi connectivity index (χ1) is 14.5. The molecule has 0 spiro atoms. The Morgan fingerprint density at radius 2 is 1.77 bits per heavy atom. The van der Waals surface area contributed by atoms with Gasteiger partial charge in [0.05, 0.1) is 0 Å². The number of nitrogens with zero attached hydrogens (tertiary/aromatic N) is 1. The van der Waals surface area contributed by atoms with Crippen LogP contribution in [-0.4, -0.2) is 29.8 Å². The first kappa shape index (κ1) is 22.8. The van der Waals surface area contributed by atoms with Crippen LogP contribution in [-0.2, 0) is 16.1 Å². The van der Waals surface area contributed by atoms with Crippen molar-refractivity contribution in [1.29, 1.82) is 0 Å². The van der Waals surface area contributed by atoms with Gasteiger partial charge >= 0.3 is 0 Å². The van der Waals surface area contributed by atoms with Crippen molar-refractivity contribution in [3.63, 3.8) is 0 Å². The van der Waals surface area contributed by atoms with E-state index in [1.165, 1.54) is 38.2 Å². The van der Waals surface area contributed by atoms with Gasteiger partial charge in [0.2, 0.25) is 11.8 Å². The van der Waals surface area contributed by atoms with Crippen molar-refractivity contribution in [1.82, 2.24) is 10.2 Å². The molecular formula is C25H37FN2O2. The maximum atomic E-state index is 13.7. The van der Waals surface area contributed by atoms with Crippen molar-refractivity contribution < 1.29 is 14.0 Å². The van der Waals surface area contributed by atoms with E-state index in [0.717, 1.165) is 24.3 Å². The number of amides is 2. The van der Waals surface area contributed by atoms with Crippen molar-refractivity contribution in [2.45, 2.75) is 78.2 Å². The molecule has 1 aliphatic heterocycles. The monoisotopic (exact) mass is 416 g/mol. The molecule has 1 saturated heterocycles. The molecule has 1 aliphatic carbocycles. The van der Waals surface area contributed by atoms with Gasteiger partial charge in [0, 0.05) is 31.5 Å². The van der Waals surface area contributed by atoms with Crippen LogP contribution in [0.4, 0.5) is 4.39 Å². The Labute approximate surface area is 180 Å². The van der Waals surface area contributed by atoms with E-state index in [0.29, 0.717) is 43.9 Å². The molecule has 0 bridgehead atoms. The number of piperidine rings is 1. The number of benzene rings is 1. The van der Waals surface area contributed by atoms with Crippen LogP contribution in [0.2, 0.25) is 0 Å². The Morgan fingerprint density at radius 3 is 2.40 bits per heavy atom. The van der Waals surface area contributed by atoms with E-state index in [2.05, 4.69) is 12.2 Å². The number of hydrogen-bond donors (Lipinski definition) is 1. The van der Waals surface area contributed by atoms with E-state index in [-0.39, 0.29) is 23.6 Å². The average molecular weight is 417 g/mol. The quantitative estimate of drug-likeness (QED) is 0.681. The molecule has 3 rings (SSSR count). The highest BCUT2D eigenvalue weighted by molar-refractivity contribution is 5.81. The van der Waals surface area contributed by atoms with E-state index >= 15 is 0 Å². The molecule has 2 fully saturated rings. The van der Waals surface area contributed by atoms with Crippen molar-refractivity contribution in [2.75, 3.05) is 13.1 Å². The minimum absolute atomic E-state index is 0.0134. The first-order valence-corrected chi connectivity index (χ1v) is 11.8. The van der Waals surface area contributed by atoms with Crippen LogP contribution in [0.1, 0.15) is 75.8 Å². The highest BCUT2D eigenvalue weighted by Gasteiger charge is 2.32. The predicted octanol–water partition coefficient (Wildman–Crippen LogP) is 4.99. The number of likely N-dealkylation sites (tertiary alicyclic amines) is 1. The molecule has 0 radical (unpaired) electrons. The lowest BCUT2D eigenvalue weighted by Crippen LogP contribution is -2.45. The van der Waals surface area contributed by atoms with Gasteiger partial charge in [0.25, 0.3) is 0 Å². The number of carbonyl (C=O) groups is 2. The summed E-state index contributed by atoms with van der Waals surface area (Å²) in [6, 6.07) is 5.06. The molecule has 0 aromatic heterocycles. The first-order valence-electron chi connectivity index (χ1n) is 11.8. The zero-order valence-corrected chi connectivity index (χ0v) is 18.6. The van der Waals surface area contributed by atoms with Gasteiger partial charge in [-0.1, -0.05) is 38.3 Å². The summed E-state index contributed by atoms with van der Waals surface area (Å²) in [5.41, 5.74) is 1.38. The van der Waals surface area contributed by atoms with Crippen molar-refractivity contribution in [3.8, 4) is 0 Å². The normalized spacial score (nSPS) is 22.7. The molecule has 2 aliphatic rings. The summed E-state index contributed by atoms with van der Waals surface area (Å²) < 4.78 is 13.7. The van der Waals surface area contributed by atoms with Gasteiger partial charge in [-0.3, -0.25) is 9.59 Å². The van der Waals surface area contributed by atoms with Crippen molar-refractivity contribution >= 4 is 11.8 Å². The van der Waals surface area contributed by atoms with Crippen LogP contribution in [0.25, 0.3) is 0 Å². The lowest BCUT2D eigenvalue weighted by atomic mass is 9.79. The van der Waals surface area contributed by atoms with E-state index in [1.807, 2.05) is 11.0 Å². The molecule has 1 N–H and O–H groups in total. The Balaban J connectivity index is 1.39. The SMILES string of the molecule is CCCCC1CCC(C(=O)N2CCC(C(=O)NCc3ccc(C)c(F)c3)CC2)CC1. The largest absolute Gasteiger partial charge is 0.352 e. The number of rotatable bonds is 7. The molecular weight excluding hydrogens is 379 g/mol. The minimum atomic E-state index is -0.243. The maximum absolute atomic E-state index is 13.7. The zero-order chi connectivity index (χ0) is 21.5. The number of carbonyl (C=O) groups excluding carboxylic acids is 2. The minimum Gasteiger partial charge on any atom is -0.352 e. The lowest BCUT2D eigenvalue weighted by Gasteiger charge is -2.36. The van der Waals surface area contributed by atoms with Crippen molar-refractivity contribution in [3.05, 3.63) is 35.1 Å². The van der Waals surface area contributed by atoms with Crippen LogP contribution in [0.3, 0.4) is 0 Å². The maximum Gasteiger partial charge on any atom is 0.225 e. The van der Waals surface area contributed by atoms with E-state index in [1.54, 1.807) is 13.0 Å².